The Bertz CT molecular complexity index is 527. The normalized spacial score (nSPS) is 23.5. The van der Waals surface area contributed by atoms with Gasteiger partial charge in [-0.3, -0.25) is 10.4 Å². The van der Waals surface area contributed by atoms with E-state index in [2.05, 4.69) is 20.3 Å². The molecule has 1 aromatic rings. The van der Waals surface area contributed by atoms with Crippen LogP contribution in [0.5, 0.6) is 0 Å². The standard InChI is InChI=1S/C14H20ClN5O/c1-11-14(15)20(18-10-17-11)12-3-2-6-19(9-12)7-4-13-16-5-8-21-13/h5,8,10,12H,2-4,6-7,9H2,1H3,(H,17,18)/t12-/m1/s1. The van der Waals surface area contributed by atoms with Gasteiger partial charge < -0.3 is 9.32 Å². The van der Waals surface area contributed by atoms with Crippen molar-refractivity contribution in [1.82, 2.24) is 20.3 Å². The molecule has 0 bridgehead atoms. The van der Waals surface area contributed by atoms with Crippen molar-refractivity contribution in [2.24, 2.45) is 4.99 Å². The maximum absolute atomic E-state index is 6.36. The smallest absolute Gasteiger partial charge is 0.195 e. The van der Waals surface area contributed by atoms with Crippen molar-refractivity contribution in [2.45, 2.75) is 32.2 Å². The van der Waals surface area contributed by atoms with E-state index < -0.39 is 0 Å². The summed E-state index contributed by atoms with van der Waals surface area (Å²) in [6.45, 7) is 4.97. The first-order chi connectivity index (χ1) is 10.2. The minimum atomic E-state index is 0.359. The molecule has 3 rings (SSSR count). The van der Waals surface area contributed by atoms with Crippen molar-refractivity contribution in [3.8, 4) is 0 Å². The van der Waals surface area contributed by atoms with E-state index in [-0.39, 0.29) is 0 Å². The Morgan fingerprint density at radius 1 is 1.52 bits per heavy atom. The van der Waals surface area contributed by atoms with E-state index in [0.717, 1.165) is 50.5 Å². The molecule has 2 aliphatic rings. The van der Waals surface area contributed by atoms with Crippen molar-refractivity contribution in [3.63, 3.8) is 0 Å². The van der Waals surface area contributed by atoms with Crippen LogP contribution in [0.25, 0.3) is 0 Å². The molecule has 0 aliphatic carbocycles. The predicted octanol–water partition coefficient (Wildman–Crippen LogP) is 1.96. The molecule has 1 saturated heterocycles. The van der Waals surface area contributed by atoms with Crippen molar-refractivity contribution in [3.05, 3.63) is 29.2 Å². The molecule has 1 fully saturated rings. The minimum Gasteiger partial charge on any atom is -0.449 e. The number of likely N-dealkylation sites (tertiary alicyclic amines) is 1. The molecule has 0 unspecified atom stereocenters. The number of piperidine rings is 1. The summed E-state index contributed by atoms with van der Waals surface area (Å²) in [4.78, 5) is 10.8. The zero-order valence-corrected chi connectivity index (χ0v) is 12.9. The molecular formula is C14H20ClN5O. The summed E-state index contributed by atoms with van der Waals surface area (Å²) in [5.74, 6) is 0.800. The van der Waals surface area contributed by atoms with Crippen molar-refractivity contribution in [2.75, 3.05) is 19.6 Å². The molecule has 0 aromatic carbocycles. The number of halogens is 1. The highest BCUT2D eigenvalue weighted by Gasteiger charge is 2.28. The molecule has 114 valence electrons. The van der Waals surface area contributed by atoms with Gasteiger partial charge in [0.15, 0.2) is 5.89 Å². The number of nitrogens with one attached hydrogen (secondary N) is 1. The number of hydrogen-bond donors (Lipinski definition) is 1. The zero-order chi connectivity index (χ0) is 14.7. The Hall–Kier alpha value is -1.53. The highest BCUT2D eigenvalue weighted by molar-refractivity contribution is 6.29. The van der Waals surface area contributed by atoms with Crippen LogP contribution in [-0.4, -0.2) is 46.9 Å². The second-order valence-electron chi connectivity index (χ2n) is 5.41. The Morgan fingerprint density at radius 2 is 2.43 bits per heavy atom. The molecule has 2 aliphatic heterocycles. The second-order valence-corrected chi connectivity index (χ2v) is 5.76. The van der Waals surface area contributed by atoms with Crippen LogP contribution >= 0.6 is 11.6 Å². The molecule has 1 N–H and O–H groups in total. The van der Waals surface area contributed by atoms with Crippen LogP contribution in [0.3, 0.4) is 0 Å². The first kappa shape index (κ1) is 14.4. The van der Waals surface area contributed by atoms with Crippen LogP contribution in [0.4, 0.5) is 0 Å². The van der Waals surface area contributed by atoms with Crippen LogP contribution in [0.15, 0.2) is 32.7 Å². The van der Waals surface area contributed by atoms with E-state index >= 15 is 0 Å². The molecule has 1 aromatic heterocycles. The molecule has 0 saturated carbocycles. The number of rotatable bonds is 4. The first-order valence-corrected chi connectivity index (χ1v) is 7.67. The van der Waals surface area contributed by atoms with Crippen molar-refractivity contribution < 1.29 is 4.42 Å². The number of aliphatic imine (C=N–C) groups is 1. The molecule has 0 amide bonds. The van der Waals surface area contributed by atoms with Gasteiger partial charge in [0.25, 0.3) is 0 Å². The lowest BCUT2D eigenvalue weighted by Crippen LogP contribution is -2.53. The van der Waals surface area contributed by atoms with E-state index in [0.29, 0.717) is 11.2 Å². The topological polar surface area (TPSA) is 56.9 Å². The Labute approximate surface area is 129 Å². The summed E-state index contributed by atoms with van der Waals surface area (Å²) in [6.07, 6.45) is 8.15. The Balaban J connectivity index is 1.57. The number of hydrogen-bond acceptors (Lipinski definition) is 6. The lowest BCUT2D eigenvalue weighted by Gasteiger charge is -2.40. The largest absolute Gasteiger partial charge is 0.449 e. The summed E-state index contributed by atoms with van der Waals surface area (Å²) >= 11 is 6.36. The third kappa shape index (κ3) is 3.39. The van der Waals surface area contributed by atoms with E-state index in [4.69, 9.17) is 16.0 Å². The molecule has 3 heterocycles. The summed E-state index contributed by atoms with van der Waals surface area (Å²) < 4.78 is 5.29. The van der Waals surface area contributed by atoms with E-state index in [1.54, 1.807) is 18.8 Å². The summed E-state index contributed by atoms with van der Waals surface area (Å²) in [5, 5.41) is 2.72. The minimum absolute atomic E-state index is 0.359. The van der Waals surface area contributed by atoms with Gasteiger partial charge in [-0.2, -0.15) is 0 Å². The van der Waals surface area contributed by atoms with E-state index in [1.165, 1.54) is 0 Å². The molecule has 7 heteroatoms. The van der Waals surface area contributed by atoms with Gasteiger partial charge in [0.1, 0.15) is 17.8 Å². The monoisotopic (exact) mass is 309 g/mol. The summed E-state index contributed by atoms with van der Waals surface area (Å²) in [6, 6.07) is 0.359. The van der Waals surface area contributed by atoms with Crippen LogP contribution < -0.4 is 5.43 Å². The van der Waals surface area contributed by atoms with Gasteiger partial charge in [-0.05, 0) is 26.3 Å². The zero-order valence-electron chi connectivity index (χ0n) is 12.1. The van der Waals surface area contributed by atoms with Gasteiger partial charge in [0.05, 0.1) is 17.9 Å². The first-order valence-electron chi connectivity index (χ1n) is 7.29. The third-order valence-corrected chi connectivity index (χ3v) is 4.39. The summed E-state index contributed by atoms with van der Waals surface area (Å²) in [5.41, 5.74) is 4.01. The molecule has 1 atom stereocenters. The van der Waals surface area contributed by atoms with Crippen LogP contribution in [0.2, 0.25) is 0 Å². The lowest BCUT2D eigenvalue weighted by molar-refractivity contribution is 0.109. The fraction of sp³-hybridized carbons (Fsp3) is 0.571. The lowest BCUT2D eigenvalue weighted by atomic mass is 10.0. The Kier molecular flexibility index (Phi) is 4.45. The number of hydrazine groups is 1. The number of nitrogens with zero attached hydrogens (tertiary/aromatic N) is 4. The summed E-state index contributed by atoms with van der Waals surface area (Å²) in [7, 11) is 0. The van der Waals surface area contributed by atoms with Crippen LogP contribution in [-0.2, 0) is 6.42 Å². The van der Waals surface area contributed by atoms with Crippen LogP contribution in [0, 0.1) is 0 Å². The van der Waals surface area contributed by atoms with Gasteiger partial charge in [-0.1, -0.05) is 11.6 Å². The van der Waals surface area contributed by atoms with Crippen molar-refractivity contribution >= 4 is 17.9 Å². The highest BCUT2D eigenvalue weighted by Crippen LogP contribution is 2.24. The quantitative estimate of drug-likeness (QED) is 0.862. The van der Waals surface area contributed by atoms with Gasteiger partial charge in [-0.15, -0.1) is 0 Å². The van der Waals surface area contributed by atoms with Gasteiger partial charge >= 0.3 is 0 Å². The average Bonchev–Trinajstić information content (AvgIpc) is 3.02. The molecule has 21 heavy (non-hydrogen) atoms. The molecular weight excluding hydrogens is 290 g/mol. The van der Waals surface area contributed by atoms with E-state index in [9.17, 15) is 0 Å². The molecule has 0 radical (unpaired) electrons. The van der Waals surface area contributed by atoms with Crippen LogP contribution in [0.1, 0.15) is 25.7 Å². The SMILES string of the molecule is CC1=C(Cl)N([C@@H]2CCCN(CCc3ncco3)C2)NC=N1. The number of aromatic nitrogens is 1. The van der Waals surface area contributed by atoms with Gasteiger partial charge in [0.2, 0.25) is 0 Å². The number of allylic oxidation sites excluding steroid dienone is 1. The predicted molar refractivity (Wildman–Crippen MR) is 81.7 cm³/mol. The maximum Gasteiger partial charge on any atom is 0.195 e. The Morgan fingerprint density at radius 3 is 3.24 bits per heavy atom. The third-order valence-electron chi connectivity index (χ3n) is 3.94. The van der Waals surface area contributed by atoms with E-state index in [1.807, 2.05) is 11.9 Å². The second kappa shape index (κ2) is 6.49. The van der Waals surface area contributed by atoms with Crippen molar-refractivity contribution in [1.29, 1.82) is 0 Å². The van der Waals surface area contributed by atoms with Gasteiger partial charge in [0, 0.05) is 19.5 Å². The fourth-order valence-electron chi connectivity index (χ4n) is 2.81. The molecule has 6 nitrogen and oxygen atoms in total. The fourth-order valence-corrected chi connectivity index (χ4v) is 3.05. The van der Waals surface area contributed by atoms with Gasteiger partial charge in [-0.25, -0.2) is 9.98 Å². The maximum atomic E-state index is 6.36. The highest BCUT2D eigenvalue weighted by atomic mass is 35.5. The molecule has 0 spiro atoms. The average molecular weight is 310 g/mol. The number of oxazole rings is 1.